The molecule has 0 bridgehead atoms. The molecule has 1 aromatic carbocycles. The summed E-state index contributed by atoms with van der Waals surface area (Å²) >= 11 is 0. The average Bonchev–Trinajstić information content (AvgIpc) is 3.47. The lowest BCUT2D eigenvalue weighted by molar-refractivity contribution is -0.126. The number of carbonyl (C=O) groups is 1. The van der Waals surface area contributed by atoms with Gasteiger partial charge in [0.2, 0.25) is 23.8 Å². The van der Waals surface area contributed by atoms with Crippen molar-refractivity contribution >= 4 is 11.6 Å². The van der Waals surface area contributed by atoms with Gasteiger partial charge >= 0.3 is 0 Å². The van der Waals surface area contributed by atoms with Gasteiger partial charge in [0.25, 0.3) is 0 Å². The van der Waals surface area contributed by atoms with Crippen LogP contribution in [0, 0.1) is 0 Å². The van der Waals surface area contributed by atoms with Crippen molar-refractivity contribution in [2.45, 2.75) is 38.6 Å². The van der Waals surface area contributed by atoms with E-state index in [1.807, 2.05) is 30.3 Å². The first kappa shape index (κ1) is 22.4. The van der Waals surface area contributed by atoms with E-state index >= 15 is 0 Å². The predicted octanol–water partition coefficient (Wildman–Crippen LogP) is 1.80. The maximum atomic E-state index is 12.6. The van der Waals surface area contributed by atoms with Crippen LogP contribution in [0.2, 0.25) is 0 Å². The van der Waals surface area contributed by atoms with Gasteiger partial charge in [-0.05, 0) is 31.5 Å². The van der Waals surface area contributed by atoms with Crippen molar-refractivity contribution in [3.8, 4) is 5.75 Å². The molecule has 0 aliphatic carbocycles. The van der Waals surface area contributed by atoms with Crippen LogP contribution in [0.3, 0.4) is 0 Å². The number of nitrogens with zero attached hydrogens (tertiary/aromatic N) is 5. The highest BCUT2D eigenvalue weighted by Gasteiger charge is 2.28. The van der Waals surface area contributed by atoms with Gasteiger partial charge in [0.05, 0.1) is 18.8 Å². The van der Waals surface area contributed by atoms with Gasteiger partial charge in [-0.25, -0.2) is 0 Å². The molecular formula is C22H25N7O4. The minimum absolute atomic E-state index is 0.111. The number of nitrogens with one attached hydrogen (secondary N) is 1. The molecule has 0 radical (unpaired) electrons. The van der Waals surface area contributed by atoms with E-state index in [1.165, 1.54) is 6.39 Å². The van der Waals surface area contributed by atoms with Crippen LogP contribution in [0.5, 0.6) is 5.75 Å². The van der Waals surface area contributed by atoms with E-state index in [0.717, 1.165) is 5.56 Å². The standard InChI is InChI=1S/C22H25N7O4/c1-22(2,23)21(30)25-16(12-31-11-15-7-4-3-5-8-15)19-26-27-20-17(9-6-10-29(19)20)32-13-18-24-14-33-28-18/h3-10,14,16H,11-13,23H2,1-2H3,(H,25,30)/t16-/m1/s1. The highest BCUT2D eigenvalue weighted by atomic mass is 16.5. The fourth-order valence-corrected chi connectivity index (χ4v) is 3.05. The van der Waals surface area contributed by atoms with Crippen LogP contribution in [0.1, 0.15) is 37.1 Å². The minimum Gasteiger partial charge on any atom is -0.481 e. The fraction of sp³-hybridized carbons (Fsp3) is 0.318. The van der Waals surface area contributed by atoms with Gasteiger partial charge in [0.1, 0.15) is 6.04 Å². The third-order valence-electron chi connectivity index (χ3n) is 4.79. The predicted molar refractivity (Wildman–Crippen MR) is 117 cm³/mol. The molecule has 4 rings (SSSR count). The lowest BCUT2D eigenvalue weighted by atomic mass is 10.1. The van der Waals surface area contributed by atoms with E-state index in [-0.39, 0.29) is 19.1 Å². The number of hydrogen-bond acceptors (Lipinski definition) is 9. The Morgan fingerprint density at radius 2 is 2.00 bits per heavy atom. The van der Waals surface area contributed by atoms with E-state index in [9.17, 15) is 4.79 Å². The topological polar surface area (TPSA) is 143 Å². The van der Waals surface area contributed by atoms with Crippen molar-refractivity contribution in [1.82, 2.24) is 30.1 Å². The Kier molecular flexibility index (Phi) is 6.61. The lowest BCUT2D eigenvalue weighted by Gasteiger charge is -2.23. The SMILES string of the molecule is CC(C)(N)C(=O)N[C@H](COCc1ccccc1)c1nnc2c(OCc3ncon3)cccn12. The van der Waals surface area contributed by atoms with Gasteiger partial charge in [-0.3, -0.25) is 9.20 Å². The molecule has 0 aliphatic rings. The Labute approximate surface area is 189 Å². The third-order valence-corrected chi connectivity index (χ3v) is 4.79. The molecule has 3 aromatic heterocycles. The first-order chi connectivity index (χ1) is 15.9. The lowest BCUT2D eigenvalue weighted by Crippen LogP contribution is -2.50. The minimum atomic E-state index is -1.07. The fourth-order valence-electron chi connectivity index (χ4n) is 3.05. The summed E-state index contributed by atoms with van der Waals surface area (Å²) in [5.41, 5.74) is 6.41. The summed E-state index contributed by atoms with van der Waals surface area (Å²) in [6.07, 6.45) is 3.02. The van der Waals surface area contributed by atoms with Crippen LogP contribution >= 0.6 is 0 Å². The average molecular weight is 451 g/mol. The quantitative estimate of drug-likeness (QED) is 0.369. The normalized spacial score (nSPS) is 12.6. The number of carbonyl (C=O) groups excluding carboxylic acids is 1. The van der Waals surface area contributed by atoms with Gasteiger partial charge in [-0.1, -0.05) is 35.5 Å². The third kappa shape index (κ3) is 5.51. The van der Waals surface area contributed by atoms with Gasteiger partial charge in [0.15, 0.2) is 18.2 Å². The number of pyridine rings is 1. The number of aromatic nitrogens is 5. The Morgan fingerprint density at radius 1 is 1.18 bits per heavy atom. The van der Waals surface area contributed by atoms with Gasteiger partial charge in [0, 0.05) is 6.20 Å². The number of ether oxygens (including phenoxy) is 2. The van der Waals surface area contributed by atoms with Gasteiger partial charge in [-0.15, -0.1) is 10.2 Å². The zero-order valence-electron chi connectivity index (χ0n) is 18.3. The molecule has 1 amide bonds. The molecule has 3 N–H and O–H groups in total. The summed E-state index contributed by atoms with van der Waals surface area (Å²) < 4.78 is 18.1. The van der Waals surface area contributed by atoms with Crippen molar-refractivity contribution in [3.63, 3.8) is 0 Å². The zero-order valence-corrected chi connectivity index (χ0v) is 18.3. The molecule has 172 valence electrons. The second kappa shape index (κ2) is 9.76. The molecule has 0 spiro atoms. The molecule has 0 fully saturated rings. The highest BCUT2D eigenvalue weighted by molar-refractivity contribution is 5.85. The van der Waals surface area contributed by atoms with Crippen molar-refractivity contribution in [1.29, 1.82) is 0 Å². The molecule has 4 aromatic rings. The van der Waals surface area contributed by atoms with E-state index in [0.29, 0.717) is 29.7 Å². The summed E-state index contributed by atoms with van der Waals surface area (Å²) in [7, 11) is 0. The highest BCUT2D eigenvalue weighted by Crippen LogP contribution is 2.22. The van der Waals surface area contributed by atoms with E-state index in [1.54, 1.807) is 36.6 Å². The molecule has 11 nitrogen and oxygen atoms in total. The molecule has 1 atom stereocenters. The van der Waals surface area contributed by atoms with Crippen LogP contribution in [0.4, 0.5) is 0 Å². The maximum Gasteiger partial charge on any atom is 0.240 e. The smallest absolute Gasteiger partial charge is 0.240 e. The molecule has 0 unspecified atom stereocenters. The molecule has 0 saturated heterocycles. The number of amides is 1. The summed E-state index contributed by atoms with van der Waals surface area (Å²) in [6, 6.07) is 12.7. The number of rotatable bonds is 10. The van der Waals surface area contributed by atoms with Crippen LogP contribution in [-0.2, 0) is 22.7 Å². The van der Waals surface area contributed by atoms with Crippen molar-refractivity contribution < 1.29 is 18.8 Å². The van der Waals surface area contributed by atoms with Gasteiger partial charge < -0.3 is 25.0 Å². The monoisotopic (exact) mass is 451 g/mol. The summed E-state index contributed by atoms with van der Waals surface area (Å²) in [6.45, 7) is 3.94. The molecule has 0 saturated carbocycles. The zero-order chi connectivity index (χ0) is 23.3. The second-order valence-corrected chi connectivity index (χ2v) is 8.01. The summed E-state index contributed by atoms with van der Waals surface area (Å²) in [4.78, 5) is 16.6. The Bertz CT molecular complexity index is 1190. The number of nitrogens with two attached hydrogens (primary N) is 1. The Morgan fingerprint density at radius 3 is 2.73 bits per heavy atom. The van der Waals surface area contributed by atoms with Crippen LogP contribution < -0.4 is 15.8 Å². The Balaban J connectivity index is 1.56. The molecule has 0 aliphatic heterocycles. The molecular weight excluding hydrogens is 426 g/mol. The summed E-state index contributed by atoms with van der Waals surface area (Å²) in [5.74, 6) is 1.04. The van der Waals surface area contributed by atoms with E-state index < -0.39 is 11.6 Å². The largest absolute Gasteiger partial charge is 0.481 e. The van der Waals surface area contributed by atoms with Crippen LogP contribution in [0.25, 0.3) is 5.65 Å². The van der Waals surface area contributed by atoms with Crippen molar-refractivity contribution in [2.75, 3.05) is 6.61 Å². The number of benzene rings is 1. The van der Waals surface area contributed by atoms with E-state index in [2.05, 4.69) is 25.7 Å². The maximum absolute atomic E-state index is 12.6. The second-order valence-electron chi connectivity index (χ2n) is 8.01. The number of hydrogen-bond donors (Lipinski definition) is 2. The molecule has 33 heavy (non-hydrogen) atoms. The molecule has 11 heteroatoms. The van der Waals surface area contributed by atoms with E-state index in [4.69, 9.17) is 19.7 Å². The Hall–Kier alpha value is -3.83. The first-order valence-corrected chi connectivity index (χ1v) is 10.3. The van der Waals surface area contributed by atoms with Crippen molar-refractivity contribution in [2.24, 2.45) is 5.73 Å². The first-order valence-electron chi connectivity index (χ1n) is 10.3. The molecule has 3 heterocycles. The van der Waals surface area contributed by atoms with Crippen LogP contribution in [-0.4, -0.2) is 42.8 Å². The van der Waals surface area contributed by atoms with Crippen molar-refractivity contribution in [3.05, 3.63) is 72.3 Å². The van der Waals surface area contributed by atoms with Crippen LogP contribution in [0.15, 0.2) is 59.6 Å². The summed E-state index contributed by atoms with van der Waals surface area (Å²) in [5, 5.41) is 15.2. The van der Waals surface area contributed by atoms with Gasteiger partial charge in [-0.2, -0.15) is 4.98 Å². The number of fused-ring (bicyclic) bond motifs is 1.